The smallest absolute Gasteiger partial charge is 0.0466 e. The Morgan fingerprint density at radius 2 is 1.78 bits per heavy atom. The first kappa shape index (κ1) is 12.7. The van der Waals surface area contributed by atoms with Gasteiger partial charge < -0.3 is 0 Å². The lowest BCUT2D eigenvalue weighted by Crippen LogP contribution is -2.22. The average molecular weight is 240 g/mol. The molecule has 2 heteroatoms. The molecule has 0 aliphatic rings. The number of nitrogens with zero attached hydrogens (tertiary/aromatic N) is 2. The maximum Gasteiger partial charge on any atom is 0.0466 e. The molecule has 0 fully saturated rings. The maximum atomic E-state index is 4.64. The van der Waals surface area contributed by atoms with Crippen LogP contribution >= 0.6 is 0 Å². The Kier molecular flexibility index (Phi) is 3.46. The molecule has 2 nitrogen and oxygen atoms in total. The molecule has 2 aromatic heterocycles. The number of pyridine rings is 2. The van der Waals surface area contributed by atoms with Gasteiger partial charge in [0.05, 0.1) is 0 Å². The van der Waals surface area contributed by atoms with Gasteiger partial charge in [0.25, 0.3) is 0 Å². The summed E-state index contributed by atoms with van der Waals surface area (Å²) >= 11 is 0. The molecular weight excluding hydrogens is 220 g/mol. The Morgan fingerprint density at radius 1 is 1.00 bits per heavy atom. The van der Waals surface area contributed by atoms with E-state index in [4.69, 9.17) is 0 Å². The fraction of sp³-hybridized carbons (Fsp3) is 0.375. The van der Waals surface area contributed by atoms with Crippen LogP contribution in [0, 0.1) is 13.8 Å². The second-order valence-electron chi connectivity index (χ2n) is 5.53. The third-order valence-corrected chi connectivity index (χ3v) is 3.20. The minimum absolute atomic E-state index is 0.0307. The van der Waals surface area contributed by atoms with Crippen LogP contribution in [0.25, 0.3) is 0 Å². The summed E-state index contributed by atoms with van der Waals surface area (Å²) in [4.78, 5) is 8.99. The lowest BCUT2D eigenvalue weighted by Gasteiger charge is -2.24. The first-order valence-electron chi connectivity index (χ1n) is 6.33. The van der Waals surface area contributed by atoms with Crippen molar-refractivity contribution in [3.63, 3.8) is 0 Å². The summed E-state index contributed by atoms with van der Waals surface area (Å²) < 4.78 is 0. The van der Waals surface area contributed by atoms with E-state index in [9.17, 15) is 0 Å². The lowest BCUT2D eigenvalue weighted by molar-refractivity contribution is 0.503. The van der Waals surface area contributed by atoms with Crippen molar-refractivity contribution in [1.82, 2.24) is 9.97 Å². The average Bonchev–Trinajstić information content (AvgIpc) is 2.32. The van der Waals surface area contributed by atoms with E-state index in [0.717, 1.165) is 23.5 Å². The van der Waals surface area contributed by atoms with Crippen molar-refractivity contribution >= 4 is 0 Å². The van der Waals surface area contributed by atoms with Crippen LogP contribution in [0.15, 0.2) is 36.5 Å². The molecule has 2 aromatic rings. The number of hydrogen-bond donors (Lipinski definition) is 0. The topological polar surface area (TPSA) is 25.8 Å². The fourth-order valence-electron chi connectivity index (χ4n) is 2.12. The van der Waals surface area contributed by atoms with E-state index in [2.05, 4.69) is 48.1 Å². The predicted molar refractivity (Wildman–Crippen MR) is 74.7 cm³/mol. The third kappa shape index (κ3) is 2.95. The minimum atomic E-state index is 0.0307. The van der Waals surface area contributed by atoms with Crippen LogP contribution in [-0.4, -0.2) is 9.97 Å². The molecule has 0 amide bonds. The highest BCUT2D eigenvalue weighted by Gasteiger charge is 2.22. The molecular formula is C16H20N2. The van der Waals surface area contributed by atoms with E-state index >= 15 is 0 Å². The van der Waals surface area contributed by atoms with Gasteiger partial charge >= 0.3 is 0 Å². The molecule has 0 aliphatic heterocycles. The Labute approximate surface area is 109 Å². The van der Waals surface area contributed by atoms with Gasteiger partial charge in [-0.15, -0.1) is 0 Å². The molecule has 18 heavy (non-hydrogen) atoms. The lowest BCUT2D eigenvalue weighted by atomic mass is 9.82. The van der Waals surface area contributed by atoms with Crippen molar-refractivity contribution in [3.05, 3.63) is 59.2 Å². The fourth-order valence-corrected chi connectivity index (χ4v) is 2.12. The van der Waals surface area contributed by atoms with Gasteiger partial charge in [-0.1, -0.05) is 26.0 Å². The van der Waals surface area contributed by atoms with Gasteiger partial charge in [0.15, 0.2) is 0 Å². The van der Waals surface area contributed by atoms with Gasteiger partial charge in [-0.2, -0.15) is 0 Å². The zero-order valence-corrected chi connectivity index (χ0v) is 11.6. The van der Waals surface area contributed by atoms with Crippen LogP contribution in [0.4, 0.5) is 0 Å². The zero-order valence-electron chi connectivity index (χ0n) is 11.6. The van der Waals surface area contributed by atoms with Crippen LogP contribution < -0.4 is 0 Å². The van der Waals surface area contributed by atoms with Gasteiger partial charge in [0, 0.05) is 28.7 Å². The summed E-state index contributed by atoms with van der Waals surface area (Å²) in [6.45, 7) is 8.51. The molecule has 0 bridgehead atoms. The monoisotopic (exact) mass is 240 g/mol. The van der Waals surface area contributed by atoms with Crippen molar-refractivity contribution < 1.29 is 0 Å². The van der Waals surface area contributed by atoms with Crippen LogP contribution in [0.1, 0.15) is 36.5 Å². The first-order chi connectivity index (χ1) is 8.47. The number of hydrogen-bond acceptors (Lipinski definition) is 2. The molecule has 94 valence electrons. The van der Waals surface area contributed by atoms with E-state index < -0.39 is 0 Å². The van der Waals surface area contributed by atoms with Gasteiger partial charge in [0.1, 0.15) is 0 Å². The quantitative estimate of drug-likeness (QED) is 0.819. The van der Waals surface area contributed by atoms with Crippen LogP contribution in [0.3, 0.4) is 0 Å². The van der Waals surface area contributed by atoms with Gasteiger partial charge in [-0.3, -0.25) is 9.97 Å². The molecule has 2 rings (SSSR count). The molecule has 0 spiro atoms. The van der Waals surface area contributed by atoms with E-state index in [1.54, 1.807) is 0 Å². The number of aromatic nitrogens is 2. The van der Waals surface area contributed by atoms with Crippen LogP contribution in [-0.2, 0) is 11.8 Å². The molecule has 0 atom stereocenters. The van der Waals surface area contributed by atoms with E-state index in [0.29, 0.717) is 0 Å². The second kappa shape index (κ2) is 4.89. The van der Waals surface area contributed by atoms with Crippen molar-refractivity contribution in [2.75, 3.05) is 0 Å². The summed E-state index contributed by atoms with van der Waals surface area (Å²) in [7, 11) is 0. The van der Waals surface area contributed by atoms with E-state index in [-0.39, 0.29) is 5.41 Å². The van der Waals surface area contributed by atoms with Gasteiger partial charge in [-0.25, -0.2) is 0 Å². The normalized spacial score (nSPS) is 11.6. The maximum absolute atomic E-state index is 4.64. The van der Waals surface area contributed by atoms with Crippen molar-refractivity contribution in [3.8, 4) is 0 Å². The highest BCUT2D eigenvalue weighted by Crippen LogP contribution is 2.26. The highest BCUT2D eigenvalue weighted by atomic mass is 14.7. The van der Waals surface area contributed by atoms with Gasteiger partial charge in [-0.05, 0) is 44.0 Å². The third-order valence-electron chi connectivity index (χ3n) is 3.20. The van der Waals surface area contributed by atoms with E-state index in [1.807, 2.05) is 26.1 Å². The number of rotatable bonds is 3. The Balaban J connectivity index is 2.23. The SMILES string of the molecule is Cc1ccc(CC(C)(C)c2cccc(C)n2)cn1. The summed E-state index contributed by atoms with van der Waals surface area (Å²) in [5.74, 6) is 0. The number of aryl methyl sites for hydroxylation is 2. The van der Waals surface area contributed by atoms with Crippen molar-refractivity contribution in [2.24, 2.45) is 0 Å². The summed E-state index contributed by atoms with van der Waals surface area (Å²) in [6, 6.07) is 10.4. The Bertz CT molecular complexity index is 527. The largest absolute Gasteiger partial charge is 0.261 e. The molecule has 0 aliphatic carbocycles. The predicted octanol–water partition coefficient (Wildman–Crippen LogP) is 3.61. The molecule has 0 radical (unpaired) electrons. The molecule has 0 saturated heterocycles. The van der Waals surface area contributed by atoms with E-state index in [1.165, 1.54) is 5.56 Å². The minimum Gasteiger partial charge on any atom is -0.261 e. The first-order valence-corrected chi connectivity index (χ1v) is 6.33. The van der Waals surface area contributed by atoms with Crippen LogP contribution in [0.2, 0.25) is 0 Å². The molecule has 0 saturated carbocycles. The summed E-state index contributed by atoms with van der Waals surface area (Å²) in [5, 5.41) is 0. The Hall–Kier alpha value is -1.70. The molecule has 2 heterocycles. The summed E-state index contributed by atoms with van der Waals surface area (Å²) in [5.41, 5.74) is 4.56. The second-order valence-corrected chi connectivity index (χ2v) is 5.53. The zero-order chi connectivity index (χ0) is 13.2. The van der Waals surface area contributed by atoms with Crippen molar-refractivity contribution in [1.29, 1.82) is 0 Å². The van der Waals surface area contributed by atoms with Crippen molar-refractivity contribution in [2.45, 2.75) is 39.5 Å². The molecule has 0 aromatic carbocycles. The molecule has 0 unspecified atom stereocenters. The summed E-state index contributed by atoms with van der Waals surface area (Å²) in [6.07, 6.45) is 2.92. The molecule has 0 N–H and O–H groups in total. The van der Waals surface area contributed by atoms with Gasteiger partial charge in [0.2, 0.25) is 0 Å². The highest BCUT2D eigenvalue weighted by molar-refractivity contribution is 5.23. The Morgan fingerprint density at radius 3 is 2.39 bits per heavy atom. The standard InChI is InChI=1S/C16H20N2/c1-12-8-9-14(11-17-12)10-16(3,4)15-7-5-6-13(2)18-15/h5-9,11H,10H2,1-4H3. The van der Waals surface area contributed by atoms with Crippen LogP contribution in [0.5, 0.6) is 0 Å².